The van der Waals surface area contributed by atoms with Crippen molar-refractivity contribution in [3.8, 4) is 11.5 Å². The van der Waals surface area contributed by atoms with Gasteiger partial charge in [-0.2, -0.15) is 0 Å². The first-order valence-electron chi connectivity index (χ1n) is 10.2. The van der Waals surface area contributed by atoms with E-state index in [1.807, 2.05) is 6.07 Å². The predicted molar refractivity (Wildman–Crippen MR) is 109 cm³/mol. The van der Waals surface area contributed by atoms with Crippen molar-refractivity contribution in [3.63, 3.8) is 0 Å². The van der Waals surface area contributed by atoms with Crippen LogP contribution in [-0.2, 0) is 6.42 Å². The molecule has 0 amide bonds. The number of allylic oxidation sites excluding steroid dienone is 2. The molecule has 0 aromatic heterocycles. The first-order chi connectivity index (χ1) is 12.3. The zero-order chi connectivity index (χ0) is 18.2. The fourth-order valence-corrected chi connectivity index (χ4v) is 3.06. The van der Waals surface area contributed by atoms with E-state index in [2.05, 4.69) is 31.2 Å². The number of hydrogen-bond acceptors (Lipinski definition) is 2. The molecule has 0 fully saturated rings. The van der Waals surface area contributed by atoms with Gasteiger partial charge in [0.2, 0.25) is 0 Å². The lowest BCUT2D eigenvalue weighted by Gasteiger charge is -2.08. The maximum absolute atomic E-state index is 5.33. The van der Waals surface area contributed by atoms with Crippen molar-refractivity contribution in [3.05, 3.63) is 35.9 Å². The summed E-state index contributed by atoms with van der Waals surface area (Å²) >= 11 is 0. The van der Waals surface area contributed by atoms with Gasteiger partial charge in [-0.15, -0.1) is 0 Å². The van der Waals surface area contributed by atoms with E-state index in [-0.39, 0.29) is 0 Å². The summed E-state index contributed by atoms with van der Waals surface area (Å²) in [7, 11) is 3.41. The third kappa shape index (κ3) is 10.9. The number of methoxy groups -OCH3 is 2. The molecule has 0 aliphatic rings. The third-order valence-electron chi connectivity index (χ3n) is 4.64. The highest BCUT2D eigenvalue weighted by molar-refractivity contribution is 5.38. The van der Waals surface area contributed by atoms with E-state index in [0.29, 0.717) is 0 Å². The van der Waals surface area contributed by atoms with Crippen LogP contribution in [0.15, 0.2) is 30.4 Å². The third-order valence-corrected chi connectivity index (χ3v) is 4.64. The van der Waals surface area contributed by atoms with Gasteiger partial charge in [0.25, 0.3) is 0 Å². The van der Waals surface area contributed by atoms with Gasteiger partial charge >= 0.3 is 0 Å². The molecular weight excluding hydrogens is 308 g/mol. The molecular formula is C23H38O2. The summed E-state index contributed by atoms with van der Waals surface area (Å²) in [5, 5.41) is 0. The standard InChI is InChI=1S/C23H38O2/c1-4-5-6-7-8-9-10-11-12-13-14-15-16-17-21-18-22(24-2)20-23(19-21)25-3/h9-10,18-20H,4-8,11-17H2,1-3H3. The topological polar surface area (TPSA) is 18.5 Å². The van der Waals surface area contributed by atoms with Crippen molar-refractivity contribution >= 4 is 0 Å². The van der Waals surface area contributed by atoms with Crippen LogP contribution in [0.5, 0.6) is 11.5 Å². The molecule has 0 radical (unpaired) electrons. The summed E-state index contributed by atoms with van der Waals surface area (Å²) in [4.78, 5) is 0. The number of hydrogen-bond donors (Lipinski definition) is 0. The zero-order valence-electron chi connectivity index (χ0n) is 16.7. The maximum atomic E-state index is 5.33. The van der Waals surface area contributed by atoms with Crippen LogP contribution in [0.2, 0.25) is 0 Å². The van der Waals surface area contributed by atoms with Gasteiger partial charge in [-0.1, -0.05) is 57.6 Å². The van der Waals surface area contributed by atoms with Gasteiger partial charge in [-0.05, 0) is 56.2 Å². The smallest absolute Gasteiger partial charge is 0.122 e. The molecule has 1 rings (SSSR count). The van der Waals surface area contributed by atoms with Crippen LogP contribution in [0.4, 0.5) is 0 Å². The van der Waals surface area contributed by atoms with Gasteiger partial charge in [0.05, 0.1) is 14.2 Å². The minimum atomic E-state index is 0.885. The molecule has 0 aliphatic carbocycles. The van der Waals surface area contributed by atoms with E-state index >= 15 is 0 Å². The Bertz CT molecular complexity index is 443. The summed E-state index contributed by atoms with van der Waals surface area (Å²) < 4.78 is 10.7. The van der Waals surface area contributed by atoms with Gasteiger partial charge < -0.3 is 9.47 Å². The first-order valence-corrected chi connectivity index (χ1v) is 10.2. The molecule has 0 atom stereocenters. The van der Waals surface area contributed by atoms with Crippen molar-refractivity contribution in [2.45, 2.75) is 84.0 Å². The molecule has 0 unspecified atom stereocenters. The molecule has 2 nitrogen and oxygen atoms in total. The molecule has 0 heterocycles. The Morgan fingerprint density at radius 1 is 0.680 bits per heavy atom. The van der Waals surface area contributed by atoms with Gasteiger partial charge in [0.15, 0.2) is 0 Å². The second kappa shape index (κ2) is 14.9. The average Bonchev–Trinajstić information content (AvgIpc) is 2.65. The summed E-state index contributed by atoms with van der Waals surface area (Å²) in [6.45, 7) is 2.27. The zero-order valence-corrected chi connectivity index (χ0v) is 16.7. The van der Waals surface area contributed by atoms with E-state index in [9.17, 15) is 0 Å². The van der Waals surface area contributed by atoms with E-state index in [0.717, 1.165) is 17.9 Å². The van der Waals surface area contributed by atoms with Crippen molar-refractivity contribution in [1.29, 1.82) is 0 Å². The Labute approximate surface area is 155 Å². The first kappa shape index (κ1) is 21.6. The average molecular weight is 347 g/mol. The van der Waals surface area contributed by atoms with Crippen molar-refractivity contribution in [2.75, 3.05) is 14.2 Å². The minimum Gasteiger partial charge on any atom is -0.497 e. The molecule has 142 valence electrons. The lowest BCUT2D eigenvalue weighted by atomic mass is 10.0. The number of unbranched alkanes of at least 4 members (excludes halogenated alkanes) is 9. The Morgan fingerprint density at radius 3 is 1.76 bits per heavy atom. The molecule has 0 N–H and O–H groups in total. The quantitative estimate of drug-likeness (QED) is 0.249. The highest BCUT2D eigenvalue weighted by Crippen LogP contribution is 2.23. The number of benzene rings is 1. The predicted octanol–water partition coefficient (Wildman–Crippen LogP) is 7.11. The Morgan fingerprint density at radius 2 is 1.20 bits per heavy atom. The Kier molecular flexibility index (Phi) is 12.8. The second-order valence-corrected chi connectivity index (χ2v) is 6.85. The number of ether oxygens (including phenoxy) is 2. The van der Waals surface area contributed by atoms with Crippen molar-refractivity contribution in [2.24, 2.45) is 0 Å². The normalized spacial score (nSPS) is 11.2. The molecule has 0 bridgehead atoms. The van der Waals surface area contributed by atoms with Crippen LogP contribution in [-0.4, -0.2) is 14.2 Å². The van der Waals surface area contributed by atoms with Crippen LogP contribution >= 0.6 is 0 Å². The van der Waals surface area contributed by atoms with E-state index in [4.69, 9.17) is 9.47 Å². The highest BCUT2D eigenvalue weighted by atomic mass is 16.5. The monoisotopic (exact) mass is 346 g/mol. The van der Waals surface area contributed by atoms with Gasteiger partial charge in [-0.25, -0.2) is 0 Å². The SMILES string of the molecule is CCCCCCC=CCCCCCCCc1cc(OC)cc(OC)c1. The van der Waals surface area contributed by atoms with Crippen molar-refractivity contribution < 1.29 is 9.47 Å². The number of rotatable bonds is 15. The summed E-state index contributed by atoms with van der Waals surface area (Å²) in [5.41, 5.74) is 1.31. The van der Waals surface area contributed by atoms with Gasteiger partial charge in [0, 0.05) is 6.07 Å². The van der Waals surface area contributed by atoms with E-state index in [1.165, 1.54) is 76.2 Å². The molecule has 0 aliphatic heterocycles. The molecule has 0 spiro atoms. The lowest BCUT2D eigenvalue weighted by molar-refractivity contribution is 0.393. The van der Waals surface area contributed by atoms with Crippen LogP contribution in [0, 0.1) is 0 Å². The second-order valence-electron chi connectivity index (χ2n) is 6.85. The van der Waals surface area contributed by atoms with Crippen LogP contribution < -0.4 is 9.47 Å². The fourth-order valence-electron chi connectivity index (χ4n) is 3.06. The molecule has 1 aromatic rings. The van der Waals surface area contributed by atoms with Crippen LogP contribution in [0.1, 0.15) is 83.1 Å². The minimum absolute atomic E-state index is 0.885. The molecule has 0 saturated heterocycles. The Hall–Kier alpha value is -1.44. The number of aryl methyl sites for hydroxylation is 1. The van der Waals surface area contributed by atoms with E-state index < -0.39 is 0 Å². The van der Waals surface area contributed by atoms with Crippen molar-refractivity contribution in [1.82, 2.24) is 0 Å². The fraction of sp³-hybridized carbons (Fsp3) is 0.652. The molecule has 2 heteroatoms. The van der Waals surface area contributed by atoms with Gasteiger partial charge in [0.1, 0.15) is 11.5 Å². The summed E-state index contributed by atoms with van der Waals surface area (Å²) in [6.07, 6.45) is 20.4. The summed E-state index contributed by atoms with van der Waals surface area (Å²) in [5.74, 6) is 1.77. The summed E-state index contributed by atoms with van der Waals surface area (Å²) in [6, 6.07) is 6.17. The Balaban J connectivity index is 2.02. The highest BCUT2D eigenvalue weighted by Gasteiger charge is 2.02. The maximum Gasteiger partial charge on any atom is 0.122 e. The van der Waals surface area contributed by atoms with Crippen LogP contribution in [0.25, 0.3) is 0 Å². The van der Waals surface area contributed by atoms with Crippen LogP contribution in [0.3, 0.4) is 0 Å². The van der Waals surface area contributed by atoms with Gasteiger partial charge in [-0.3, -0.25) is 0 Å². The van der Waals surface area contributed by atoms with E-state index in [1.54, 1.807) is 14.2 Å². The lowest BCUT2D eigenvalue weighted by Crippen LogP contribution is -1.92. The molecule has 1 aromatic carbocycles. The largest absolute Gasteiger partial charge is 0.497 e. The molecule has 0 saturated carbocycles. The molecule has 25 heavy (non-hydrogen) atoms.